The van der Waals surface area contributed by atoms with Crippen LogP contribution >= 0.6 is 0 Å². The molecule has 1 N–H and O–H groups in total. The maximum absolute atomic E-state index is 11.2. The van der Waals surface area contributed by atoms with Crippen molar-refractivity contribution in [2.24, 2.45) is 5.92 Å². The minimum atomic E-state index is -0.859. The molecule has 104 valence electrons. The van der Waals surface area contributed by atoms with Crippen LogP contribution in [-0.4, -0.2) is 17.2 Å². The molecule has 0 bridgehead atoms. The summed E-state index contributed by atoms with van der Waals surface area (Å²) < 4.78 is 5.70. The highest BCUT2D eigenvalue weighted by atomic mass is 16.5. The Hall–Kier alpha value is -1.51. The number of aliphatic carboxylic acids is 1. The van der Waals surface area contributed by atoms with E-state index in [9.17, 15) is 9.90 Å². The Kier molecular flexibility index (Phi) is 3.57. The Morgan fingerprint density at radius 2 is 2.00 bits per heavy atom. The molecule has 2 rings (SSSR count). The van der Waals surface area contributed by atoms with E-state index in [4.69, 9.17) is 4.74 Å². The summed E-state index contributed by atoms with van der Waals surface area (Å²) in [7, 11) is 0. The van der Waals surface area contributed by atoms with E-state index in [0.29, 0.717) is 5.75 Å². The smallest absolute Gasteiger partial charge is 0.345 e. The van der Waals surface area contributed by atoms with Gasteiger partial charge in [0, 0.05) is 5.92 Å². The molecule has 1 aliphatic carbocycles. The number of hydrogen-bond donors (Lipinski definition) is 1. The van der Waals surface area contributed by atoms with E-state index in [0.717, 1.165) is 18.4 Å². The first-order valence-electron chi connectivity index (χ1n) is 6.79. The predicted molar refractivity (Wildman–Crippen MR) is 74.7 cm³/mol. The lowest BCUT2D eigenvalue weighted by atomic mass is 9.86. The van der Waals surface area contributed by atoms with Crippen LogP contribution in [0.4, 0.5) is 0 Å². The number of carboxylic acids is 1. The maximum Gasteiger partial charge on any atom is 0.345 e. The number of ether oxygens (including phenoxy) is 1. The summed E-state index contributed by atoms with van der Waals surface area (Å²) in [6, 6.07) is 6.00. The van der Waals surface area contributed by atoms with Crippen molar-refractivity contribution < 1.29 is 14.6 Å². The van der Waals surface area contributed by atoms with E-state index in [-0.39, 0.29) is 11.3 Å². The average molecular weight is 262 g/mol. The minimum absolute atomic E-state index is 0.0893. The molecule has 1 aromatic rings. The van der Waals surface area contributed by atoms with Gasteiger partial charge in [-0.3, -0.25) is 0 Å². The molecule has 1 atom stereocenters. The van der Waals surface area contributed by atoms with Crippen LogP contribution in [-0.2, 0) is 10.2 Å². The molecule has 0 spiro atoms. The predicted octanol–water partition coefficient (Wildman–Crippen LogP) is 3.53. The highest BCUT2D eigenvalue weighted by Crippen LogP contribution is 2.36. The second-order valence-electron chi connectivity index (χ2n) is 6.44. The summed E-state index contributed by atoms with van der Waals surface area (Å²) >= 11 is 0. The van der Waals surface area contributed by atoms with E-state index >= 15 is 0 Å². The van der Waals surface area contributed by atoms with E-state index in [2.05, 4.69) is 26.8 Å². The largest absolute Gasteiger partial charge is 0.478 e. The zero-order valence-corrected chi connectivity index (χ0v) is 12.1. The second-order valence-corrected chi connectivity index (χ2v) is 6.44. The highest BCUT2D eigenvalue weighted by molar-refractivity contribution is 5.73. The quantitative estimate of drug-likeness (QED) is 0.902. The Bertz CT molecular complexity index is 481. The number of rotatable bonds is 4. The third-order valence-corrected chi connectivity index (χ3v) is 3.59. The molecular formula is C16H22O3. The van der Waals surface area contributed by atoms with E-state index in [1.165, 1.54) is 5.56 Å². The third-order valence-electron chi connectivity index (χ3n) is 3.59. The summed E-state index contributed by atoms with van der Waals surface area (Å²) in [4.78, 5) is 11.2. The summed E-state index contributed by atoms with van der Waals surface area (Å²) in [5, 5.41) is 9.19. The van der Waals surface area contributed by atoms with Crippen molar-refractivity contribution in [2.45, 2.75) is 52.1 Å². The molecule has 1 saturated carbocycles. The molecule has 0 amide bonds. The average Bonchev–Trinajstić information content (AvgIpc) is 3.09. The fourth-order valence-corrected chi connectivity index (χ4v) is 2.13. The molecule has 0 heterocycles. The van der Waals surface area contributed by atoms with E-state index in [1.54, 1.807) is 0 Å². The van der Waals surface area contributed by atoms with Crippen molar-refractivity contribution in [3.63, 3.8) is 0 Å². The molecule has 3 nitrogen and oxygen atoms in total. The maximum atomic E-state index is 11.2. The molecule has 3 heteroatoms. The van der Waals surface area contributed by atoms with Crippen molar-refractivity contribution in [2.75, 3.05) is 0 Å². The summed E-state index contributed by atoms with van der Waals surface area (Å²) in [5.41, 5.74) is 2.32. The lowest BCUT2D eigenvalue weighted by Gasteiger charge is -2.22. The molecular weight excluding hydrogens is 240 g/mol. The third kappa shape index (κ3) is 3.28. The fourth-order valence-electron chi connectivity index (χ4n) is 2.13. The number of hydrogen-bond acceptors (Lipinski definition) is 2. The molecule has 1 aliphatic rings. The van der Waals surface area contributed by atoms with Gasteiger partial charge < -0.3 is 9.84 Å². The van der Waals surface area contributed by atoms with Gasteiger partial charge >= 0.3 is 5.97 Å². The van der Waals surface area contributed by atoms with Gasteiger partial charge in [-0.05, 0) is 42.4 Å². The van der Waals surface area contributed by atoms with Gasteiger partial charge in [0.15, 0.2) is 6.10 Å². The molecule has 0 aromatic heterocycles. The summed E-state index contributed by atoms with van der Waals surface area (Å²) in [6.45, 7) is 8.45. The number of carboxylic acid groups (broad SMARTS) is 1. The molecule has 0 aliphatic heterocycles. The van der Waals surface area contributed by atoms with Crippen molar-refractivity contribution in [1.82, 2.24) is 0 Å². The van der Waals surface area contributed by atoms with Crippen LogP contribution in [0, 0.1) is 12.8 Å². The van der Waals surface area contributed by atoms with Gasteiger partial charge in [-0.15, -0.1) is 0 Å². The number of benzene rings is 1. The first-order chi connectivity index (χ1) is 8.79. The van der Waals surface area contributed by atoms with E-state index < -0.39 is 12.1 Å². The zero-order chi connectivity index (χ0) is 14.2. The van der Waals surface area contributed by atoms with Gasteiger partial charge in [-0.2, -0.15) is 0 Å². The first-order valence-corrected chi connectivity index (χ1v) is 6.79. The molecule has 1 aromatic carbocycles. The van der Waals surface area contributed by atoms with Crippen LogP contribution in [0.3, 0.4) is 0 Å². The fraction of sp³-hybridized carbons (Fsp3) is 0.562. The van der Waals surface area contributed by atoms with Crippen LogP contribution in [0.5, 0.6) is 5.75 Å². The second kappa shape index (κ2) is 4.87. The highest BCUT2D eigenvalue weighted by Gasteiger charge is 2.38. The van der Waals surface area contributed by atoms with Crippen molar-refractivity contribution >= 4 is 5.97 Å². The number of carbonyl (C=O) groups is 1. The molecule has 19 heavy (non-hydrogen) atoms. The Morgan fingerprint density at radius 1 is 1.37 bits per heavy atom. The lowest BCUT2D eigenvalue weighted by Crippen LogP contribution is -2.29. The SMILES string of the molecule is Cc1cc(C(C)(C)C)ccc1OC(C(=O)O)C1CC1. The van der Waals surface area contributed by atoms with Gasteiger partial charge in [0.25, 0.3) is 0 Å². The van der Waals surface area contributed by atoms with Gasteiger partial charge in [-0.25, -0.2) is 4.79 Å². The molecule has 1 unspecified atom stereocenters. The standard InChI is InChI=1S/C16H22O3/c1-10-9-12(16(2,3)4)7-8-13(10)19-14(15(17)18)11-5-6-11/h7-9,11,14H,5-6H2,1-4H3,(H,17,18). The van der Waals surface area contributed by atoms with Crippen molar-refractivity contribution in [1.29, 1.82) is 0 Å². The van der Waals surface area contributed by atoms with Gasteiger partial charge in [0.1, 0.15) is 5.75 Å². The molecule has 1 fully saturated rings. The normalized spacial score (nSPS) is 17.1. The molecule has 0 radical (unpaired) electrons. The van der Waals surface area contributed by atoms with Gasteiger partial charge in [0.2, 0.25) is 0 Å². The first kappa shape index (κ1) is 13.9. The van der Waals surface area contributed by atoms with Crippen LogP contribution in [0.15, 0.2) is 18.2 Å². The van der Waals surface area contributed by atoms with Gasteiger partial charge in [-0.1, -0.05) is 32.9 Å². The lowest BCUT2D eigenvalue weighted by molar-refractivity contribution is -0.146. The van der Waals surface area contributed by atoms with Gasteiger partial charge in [0.05, 0.1) is 0 Å². The number of aryl methyl sites for hydroxylation is 1. The Morgan fingerprint density at radius 3 is 2.42 bits per heavy atom. The van der Waals surface area contributed by atoms with Crippen molar-refractivity contribution in [3.8, 4) is 5.75 Å². The zero-order valence-electron chi connectivity index (χ0n) is 12.1. The van der Waals surface area contributed by atoms with E-state index in [1.807, 2.05) is 19.1 Å². The van der Waals surface area contributed by atoms with Crippen molar-refractivity contribution in [3.05, 3.63) is 29.3 Å². The van der Waals surface area contributed by atoms with Crippen LogP contribution in [0.25, 0.3) is 0 Å². The minimum Gasteiger partial charge on any atom is -0.478 e. The topological polar surface area (TPSA) is 46.5 Å². The van der Waals surface area contributed by atoms with Crippen LogP contribution in [0.2, 0.25) is 0 Å². The monoisotopic (exact) mass is 262 g/mol. The molecule has 0 saturated heterocycles. The van der Waals surface area contributed by atoms with Crippen LogP contribution < -0.4 is 4.74 Å². The summed E-state index contributed by atoms with van der Waals surface area (Å²) in [5.74, 6) is 0.00768. The Labute approximate surface area is 114 Å². The Balaban J connectivity index is 2.19. The summed E-state index contributed by atoms with van der Waals surface area (Å²) in [6.07, 6.45) is 1.21. The van der Waals surface area contributed by atoms with Crippen LogP contribution in [0.1, 0.15) is 44.7 Å².